The molecule has 2 aromatic rings. The Hall–Kier alpha value is -2.76. The molecule has 0 radical (unpaired) electrons. The zero-order chi connectivity index (χ0) is 26.6. The van der Waals surface area contributed by atoms with Gasteiger partial charge in [-0.2, -0.15) is 0 Å². The number of aromatic nitrogens is 2. The SMILES string of the molecule is CC(C)CNC(=O)Nc1ccc(-c2nc(N3CCOC[C@@H]3C)cc(C3(S(=O)(=O)CCCO)CC3)n2)cc1. The average Bonchev–Trinajstić information content (AvgIpc) is 3.70. The lowest BCUT2D eigenvalue weighted by Gasteiger charge is -2.34. The van der Waals surface area contributed by atoms with Gasteiger partial charge in [0.15, 0.2) is 15.7 Å². The van der Waals surface area contributed by atoms with Crippen LogP contribution in [0, 0.1) is 5.92 Å². The number of aliphatic hydroxyl groups is 1. The van der Waals surface area contributed by atoms with E-state index in [2.05, 4.69) is 22.5 Å². The van der Waals surface area contributed by atoms with Crippen LogP contribution in [0.15, 0.2) is 30.3 Å². The molecular weight excluding hydrogens is 494 g/mol. The molecule has 3 N–H and O–H groups in total. The zero-order valence-electron chi connectivity index (χ0n) is 21.7. The van der Waals surface area contributed by atoms with E-state index in [-0.39, 0.29) is 30.9 Å². The van der Waals surface area contributed by atoms with Gasteiger partial charge in [0.05, 0.1) is 30.7 Å². The summed E-state index contributed by atoms with van der Waals surface area (Å²) in [5.41, 5.74) is 1.86. The largest absolute Gasteiger partial charge is 0.396 e. The molecule has 1 saturated heterocycles. The first-order chi connectivity index (χ1) is 17.6. The minimum Gasteiger partial charge on any atom is -0.396 e. The van der Waals surface area contributed by atoms with Gasteiger partial charge in [0.2, 0.25) is 0 Å². The van der Waals surface area contributed by atoms with E-state index in [1.165, 1.54) is 0 Å². The number of nitrogens with one attached hydrogen (secondary N) is 2. The molecule has 0 unspecified atom stereocenters. The van der Waals surface area contributed by atoms with E-state index in [4.69, 9.17) is 14.7 Å². The second kappa shape index (κ2) is 11.3. The Morgan fingerprint density at radius 3 is 2.59 bits per heavy atom. The predicted molar refractivity (Wildman–Crippen MR) is 143 cm³/mol. The van der Waals surface area contributed by atoms with Crippen molar-refractivity contribution in [2.75, 3.05) is 48.9 Å². The molecule has 2 heterocycles. The normalized spacial score (nSPS) is 19.1. The van der Waals surface area contributed by atoms with E-state index in [0.717, 1.165) is 5.56 Å². The Bertz CT molecular complexity index is 1200. The van der Waals surface area contributed by atoms with Gasteiger partial charge in [-0.05, 0) is 56.4 Å². The van der Waals surface area contributed by atoms with E-state index in [9.17, 15) is 18.3 Å². The molecular formula is C26H37N5O5S. The molecule has 4 rings (SSSR count). The van der Waals surface area contributed by atoms with Crippen molar-refractivity contribution in [1.82, 2.24) is 15.3 Å². The first kappa shape index (κ1) is 27.3. The molecule has 2 amide bonds. The summed E-state index contributed by atoms with van der Waals surface area (Å²) in [7, 11) is -3.50. The molecule has 0 bridgehead atoms. The highest BCUT2D eigenvalue weighted by Gasteiger charge is 2.56. The van der Waals surface area contributed by atoms with Gasteiger partial charge in [-0.15, -0.1) is 0 Å². The van der Waals surface area contributed by atoms with Gasteiger partial charge in [0.1, 0.15) is 10.6 Å². The van der Waals surface area contributed by atoms with Crippen molar-refractivity contribution in [3.63, 3.8) is 0 Å². The smallest absolute Gasteiger partial charge is 0.319 e. The number of morpholine rings is 1. The molecule has 1 atom stereocenters. The predicted octanol–water partition coefficient (Wildman–Crippen LogP) is 2.93. The minimum absolute atomic E-state index is 0.0780. The lowest BCUT2D eigenvalue weighted by Crippen LogP contribution is -2.44. The second-order valence-corrected chi connectivity index (χ2v) is 12.7. The summed E-state index contributed by atoms with van der Waals surface area (Å²) in [6.45, 7) is 8.29. The van der Waals surface area contributed by atoms with Gasteiger partial charge in [-0.1, -0.05) is 13.8 Å². The van der Waals surface area contributed by atoms with Crippen LogP contribution in [0.5, 0.6) is 0 Å². The number of rotatable bonds is 10. The number of sulfone groups is 1. The molecule has 1 aromatic heterocycles. The number of carbonyl (C=O) groups is 1. The van der Waals surface area contributed by atoms with Crippen molar-refractivity contribution in [1.29, 1.82) is 0 Å². The van der Waals surface area contributed by atoms with E-state index in [0.29, 0.717) is 68.1 Å². The summed E-state index contributed by atoms with van der Waals surface area (Å²) in [5, 5.41) is 14.9. The Balaban J connectivity index is 1.66. The molecule has 11 heteroatoms. The first-order valence-electron chi connectivity index (χ1n) is 12.9. The molecule has 10 nitrogen and oxygen atoms in total. The van der Waals surface area contributed by atoms with Crippen molar-refractivity contribution in [3.8, 4) is 11.4 Å². The number of nitrogens with zero attached hydrogens (tertiary/aromatic N) is 3. The van der Waals surface area contributed by atoms with Gasteiger partial charge in [0.25, 0.3) is 0 Å². The van der Waals surface area contributed by atoms with Crippen molar-refractivity contribution in [3.05, 3.63) is 36.0 Å². The number of ether oxygens (including phenoxy) is 1. The fourth-order valence-electron chi connectivity index (χ4n) is 4.48. The third kappa shape index (κ3) is 6.22. The summed E-state index contributed by atoms with van der Waals surface area (Å²) >= 11 is 0. The third-order valence-corrected chi connectivity index (χ3v) is 9.42. The van der Waals surface area contributed by atoms with E-state index in [1.54, 1.807) is 12.1 Å². The minimum atomic E-state index is -3.50. The maximum absolute atomic E-state index is 13.3. The van der Waals surface area contributed by atoms with Gasteiger partial charge in [0, 0.05) is 37.0 Å². The number of urea groups is 1. The molecule has 1 aromatic carbocycles. The summed E-state index contributed by atoms with van der Waals surface area (Å²) in [4.78, 5) is 23.8. The van der Waals surface area contributed by atoms with Crippen LogP contribution in [0.1, 0.15) is 45.7 Å². The Morgan fingerprint density at radius 1 is 1.24 bits per heavy atom. The van der Waals surface area contributed by atoms with Crippen LogP contribution in [0.3, 0.4) is 0 Å². The number of anilines is 2. The van der Waals surface area contributed by atoms with Crippen LogP contribution in [-0.2, 0) is 19.3 Å². The first-order valence-corrected chi connectivity index (χ1v) is 14.5. The van der Waals surface area contributed by atoms with Gasteiger partial charge >= 0.3 is 6.03 Å². The lowest BCUT2D eigenvalue weighted by atomic mass is 10.1. The maximum Gasteiger partial charge on any atom is 0.319 e. The van der Waals surface area contributed by atoms with Crippen LogP contribution in [0.25, 0.3) is 11.4 Å². The van der Waals surface area contributed by atoms with Crippen molar-refractivity contribution >= 4 is 27.4 Å². The number of amides is 2. The van der Waals surface area contributed by atoms with Crippen molar-refractivity contribution in [2.45, 2.75) is 50.8 Å². The van der Waals surface area contributed by atoms with E-state index in [1.807, 2.05) is 32.0 Å². The highest BCUT2D eigenvalue weighted by molar-refractivity contribution is 7.92. The summed E-state index contributed by atoms with van der Waals surface area (Å²) in [6.07, 6.45) is 1.21. The molecule has 1 aliphatic heterocycles. The van der Waals surface area contributed by atoms with Crippen molar-refractivity contribution in [2.24, 2.45) is 5.92 Å². The summed E-state index contributed by atoms with van der Waals surface area (Å²) in [6, 6.07) is 8.83. The van der Waals surface area contributed by atoms with Crippen molar-refractivity contribution < 1.29 is 23.1 Å². The average molecular weight is 532 g/mol. The van der Waals surface area contributed by atoms with E-state index >= 15 is 0 Å². The number of hydrogen-bond donors (Lipinski definition) is 3. The topological polar surface area (TPSA) is 134 Å². The molecule has 2 fully saturated rings. The molecule has 1 saturated carbocycles. The zero-order valence-corrected chi connectivity index (χ0v) is 22.6. The van der Waals surface area contributed by atoms with Crippen LogP contribution in [0.4, 0.5) is 16.3 Å². The molecule has 37 heavy (non-hydrogen) atoms. The van der Waals surface area contributed by atoms with Crippen LogP contribution >= 0.6 is 0 Å². The van der Waals surface area contributed by atoms with E-state index < -0.39 is 14.6 Å². The quantitative estimate of drug-likeness (QED) is 0.426. The second-order valence-electron chi connectivity index (χ2n) is 10.2. The fourth-order valence-corrected chi connectivity index (χ4v) is 6.52. The molecule has 0 spiro atoms. The Labute approximate surface area is 218 Å². The number of benzene rings is 1. The Kier molecular flexibility index (Phi) is 8.35. The highest BCUT2D eigenvalue weighted by Crippen LogP contribution is 2.53. The van der Waals surface area contributed by atoms with Crippen LogP contribution < -0.4 is 15.5 Å². The molecule has 2 aliphatic rings. The summed E-state index contributed by atoms with van der Waals surface area (Å²) < 4.78 is 31.1. The number of hydrogen-bond acceptors (Lipinski definition) is 8. The van der Waals surface area contributed by atoms with Gasteiger partial charge in [-0.3, -0.25) is 0 Å². The summed E-state index contributed by atoms with van der Waals surface area (Å²) in [5.74, 6) is 1.38. The number of aliphatic hydroxyl groups excluding tert-OH is 1. The van der Waals surface area contributed by atoms with Gasteiger partial charge < -0.3 is 25.4 Å². The van der Waals surface area contributed by atoms with Gasteiger partial charge in [-0.25, -0.2) is 23.2 Å². The fraction of sp³-hybridized carbons (Fsp3) is 0.577. The third-order valence-electron chi connectivity index (χ3n) is 6.78. The van der Waals surface area contributed by atoms with Crippen LogP contribution in [-0.4, -0.2) is 74.2 Å². The molecule has 1 aliphatic carbocycles. The Morgan fingerprint density at radius 2 is 1.97 bits per heavy atom. The standard InChI is InChI=1S/C26H37N5O5S/c1-18(2)16-27-25(33)28-21-7-5-20(6-8-21)24-29-22(26(9-10-26)37(34,35)14-4-12-32)15-23(30-24)31-11-13-36-17-19(31)3/h5-8,15,18-19,32H,4,9-14,16-17H2,1-3H3,(H2,27,28,33)/t19-/m0/s1. The van der Waals surface area contributed by atoms with Crippen LogP contribution in [0.2, 0.25) is 0 Å². The maximum atomic E-state index is 13.3. The highest BCUT2D eigenvalue weighted by atomic mass is 32.2. The number of carbonyl (C=O) groups excluding carboxylic acids is 1. The lowest BCUT2D eigenvalue weighted by molar-refractivity contribution is 0.0985. The monoisotopic (exact) mass is 531 g/mol. The molecule has 202 valence electrons.